The van der Waals surface area contributed by atoms with Gasteiger partial charge in [-0.3, -0.25) is 4.31 Å². The van der Waals surface area contributed by atoms with Crippen LogP contribution >= 0.6 is 11.6 Å². The largest absolute Gasteiger partial charge is 0.598 e. The average molecular weight is 666 g/mol. The third-order valence-corrected chi connectivity index (χ3v) is 10.1. The summed E-state index contributed by atoms with van der Waals surface area (Å²) in [5.74, 6) is 0. The molecule has 3 aromatic rings. The van der Waals surface area contributed by atoms with E-state index in [9.17, 15) is 39.3 Å². The summed E-state index contributed by atoms with van der Waals surface area (Å²) in [7, 11) is -2.83. The van der Waals surface area contributed by atoms with Crippen molar-refractivity contribution in [3.05, 3.63) is 87.9 Å². The van der Waals surface area contributed by atoms with Crippen molar-refractivity contribution in [2.45, 2.75) is 17.2 Å². The summed E-state index contributed by atoms with van der Waals surface area (Å²) in [5.41, 5.74) is -1.47. The van der Waals surface area contributed by atoms with Crippen LogP contribution in [0.15, 0.2) is 65.6 Å². The van der Waals surface area contributed by atoms with E-state index >= 15 is 0 Å². The molecule has 1 atom stereocenters. The molecule has 43 heavy (non-hydrogen) atoms. The number of fused-ring (bicyclic) bond motifs is 1. The van der Waals surface area contributed by atoms with Gasteiger partial charge in [-0.1, -0.05) is 42.0 Å². The number of rotatable bonds is 8. The molecule has 1 aliphatic rings. The number of alkyl halides is 6. The van der Waals surface area contributed by atoms with Gasteiger partial charge in [0.15, 0.2) is 0 Å². The van der Waals surface area contributed by atoms with Crippen molar-refractivity contribution < 1.29 is 39.3 Å². The van der Waals surface area contributed by atoms with Gasteiger partial charge in [0.05, 0.1) is 40.5 Å². The van der Waals surface area contributed by atoms with E-state index in [-0.39, 0.29) is 29.4 Å². The van der Waals surface area contributed by atoms with Gasteiger partial charge in [-0.15, -0.1) is 4.31 Å². The second-order valence-corrected chi connectivity index (χ2v) is 13.4. The smallest absolute Gasteiger partial charge is 0.417 e. The molecule has 0 aromatic heterocycles. The number of likely N-dealkylation sites (N-methyl/N-ethyl adjacent to an activating group) is 1. The van der Waals surface area contributed by atoms with Crippen LogP contribution in [-0.4, -0.2) is 56.8 Å². The van der Waals surface area contributed by atoms with Crippen LogP contribution in [0.2, 0.25) is 5.02 Å². The normalized spacial score (nSPS) is 15.3. The first-order valence-electron chi connectivity index (χ1n) is 12.7. The Morgan fingerprint density at radius 3 is 2.30 bits per heavy atom. The Morgan fingerprint density at radius 1 is 0.953 bits per heavy atom. The van der Waals surface area contributed by atoms with Crippen LogP contribution in [0.4, 0.5) is 37.7 Å². The topological polar surface area (TPSA) is 66.9 Å². The van der Waals surface area contributed by atoms with Crippen molar-refractivity contribution in [2.75, 3.05) is 48.7 Å². The van der Waals surface area contributed by atoms with Crippen molar-refractivity contribution in [3.8, 4) is 0 Å². The number of halogens is 7. The van der Waals surface area contributed by atoms with Gasteiger partial charge in [-0.25, -0.2) is 8.42 Å². The van der Waals surface area contributed by atoms with Gasteiger partial charge in [0.1, 0.15) is 6.26 Å². The van der Waals surface area contributed by atoms with E-state index in [1.807, 2.05) is 4.90 Å². The molecule has 3 aromatic carbocycles. The highest BCUT2D eigenvalue weighted by atomic mass is 35.5. The standard InChI is InChI=1S/C28H26ClF6N3O3S2/c1-36(42(2)39)13-14-37-15-16-38(43(40,41)21-6-3-5-20(18-21)27(30,31)32)26-17-19(10-12-25(26)37)9-11-22-23(28(33,34)35)7-4-8-24(22)29/h3-12,17-18H,13-16H2,1-2H3/b11-9+. The van der Waals surface area contributed by atoms with Gasteiger partial charge in [-0.05, 0) is 48.0 Å². The molecule has 0 N–H and O–H groups in total. The Hall–Kier alpha value is -2.91. The lowest BCUT2D eigenvalue weighted by atomic mass is 10.0. The zero-order chi connectivity index (χ0) is 31.7. The van der Waals surface area contributed by atoms with Gasteiger partial charge < -0.3 is 9.45 Å². The molecule has 6 nitrogen and oxygen atoms in total. The molecule has 1 heterocycles. The van der Waals surface area contributed by atoms with Crippen LogP contribution in [0.1, 0.15) is 22.3 Å². The van der Waals surface area contributed by atoms with E-state index in [2.05, 4.69) is 0 Å². The molecule has 0 aliphatic carbocycles. The molecule has 0 spiro atoms. The van der Waals surface area contributed by atoms with Gasteiger partial charge >= 0.3 is 12.4 Å². The monoisotopic (exact) mass is 665 g/mol. The fourth-order valence-electron chi connectivity index (χ4n) is 4.53. The summed E-state index contributed by atoms with van der Waals surface area (Å²) in [4.78, 5) is 1.29. The van der Waals surface area contributed by atoms with Crippen LogP contribution < -0.4 is 9.21 Å². The fraction of sp³-hybridized carbons (Fsp3) is 0.286. The highest BCUT2D eigenvalue weighted by Crippen LogP contribution is 2.40. The van der Waals surface area contributed by atoms with Crippen LogP contribution in [0.25, 0.3) is 12.2 Å². The number of anilines is 2. The second kappa shape index (κ2) is 12.6. The maximum Gasteiger partial charge on any atom is 0.417 e. The lowest BCUT2D eigenvalue weighted by Gasteiger charge is -2.38. The summed E-state index contributed by atoms with van der Waals surface area (Å²) >= 11 is 4.81. The molecule has 15 heteroatoms. The van der Waals surface area contributed by atoms with Gasteiger partial charge in [-0.2, -0.15) is 26.3 Å². The molecule has 0 bridgehead atoms. The zero-order valence-electron chi connectivity index (χ0n) is 22.8. The Bertz CT molecular complexity index is 1610. The Labute approximate surface area is 253 Å². The number of nitrogens with zero attached hydrogens (tertiary/aromatic N) is 3. The Balaban J connectivity index is 1.78. The maximum atomic E-state index is 13.7. The summed E-state index contributed by atoms with van der Waals surface area (Å²) in [6.07, 6.45) is -5.41. The summed E-state index contributed by atoms with van der Waals surface area (Å²) in [6.45, 7) is 0.765. The first-order valence-corrected chi connectivity index (χ1v) is 16.0. The number of hydrogen-bond acceptors (Lipinski definition) is 5. The van der Waals surface area contributed by atoms with Crippen LogP contribution in [0, 0.1) is 0 Å². The van der Waals surface area contributed by atoms with E-state index in [0.717, 1.165) is 28.6 Å². The van der Waals surface area contributed by atoms with Crippen molar-refractivity contribution in [1.82, 2.24) is 4.31 Å². The molecular formula is C28H26ClF6N3O3S2. The van der Waals surface area contributed by atoms with E-state index in [0.29, 0.717) is 30.4 Å². The predicted octanol–water partition coefficient (Wildman–Crippen LogP) is 6.79. The maximum absolute atomic E-state index is 13.7. The number of hydrogen-bond donors (Lipinski definition) is 0. The zero-order valence-corrected chi connectivity index (χ0v) is 25.2. The second-order valence-electron chi connectivity index (χ2n) is 9.65. The van der Waals surface area contributed by atoms with Crippen LogP contribution in [-0.2, 0) is 33.7 Å². The van der Waals surface area contributed by atoms with Gasteiger partial charge in [0.25, 0.3) is 10.0 Å². The number of sulfonamides is 1. The minimum atomic E-state index is -4.76. The van der Waals surface area contributed by atoms with Crippen molar-refractivity contribution in [2.24, 2.45) is 0 Å². The number of benzene rings is 3. The first kappa shape index (κ1) is 33.0. The molecule has 232 valence electrons. The molecule has 1 aliphatic heterocycles. The minimum absolute atomic E-state index is 0.125. The Morgan fingerprint density at radius 2 is 1.65 bits per heavy atom. The molecule has 0 saturated carbocycles. The summed E-state index contributed by atoms with van der Waals surface area (Å²) < 4.78 is 123. The van der Waals surface area contributed by atoms with Crippen LogP contribution in [0.3, 0.4) is 0 Å². The molecular weight excluding hydrogens is 640 g/mol. The quantitative estimate of drug-likeness (QED) is 0.151. The molecule has 0 saturated heterocycles. The lowest BCUT2D eigenvalue weighted by Crippen LogP contribution is -2.46. The van der Waals surface area contributed by atoms with Gasteiger partial charge in [0, 0.05) is 42.1 Å². The van der Waals surface area contributed by atoms with Gasteiger partial charge in [0.2, 0.25) is 0 Å². The third-order valence-electron chi connectivity index (χ3n) is 6.86. The van der Waals surface area contributed by atoms with E-state index in [1.165, 1.54) is 36.6 Å². The van der Waals surface area contributed by atoms with E-state index < -0.39 is 49.8 Å². The third kappa shape index (κ3) is 7.43. The highest BCUT2D eigenvalue weighted by molar-refractivity contribution is 7.92. The molecule has 0 fully saturated rings. The van der Waals surface area contributed by atoms with Crippen molar-refractivity contribution in [3.63, 3.8) is 0 Å². The molecule has 0 radical (unpaired) electrons. The predicted molar refractivity (Wildman–Crippen MR) is 157 cm³/mol. The highest BCUT2D eigenvalue weighted by Gasteiger charge is 2.36. The summed E-state index contributed by atoms with van der Waals surface area (Å²) in [5, 5.41) is -0.138. The SMILES string of the molecule is CN(CCN1CCN(S(=O)(=O)c2cccc(C(F)(F)F)c2)c2cc(/C=C/c3c(Cl)cccc3C(F)(F)F)ccc21)[S+](C)[O-]. The first-order chi connectivity index (χ1) is 20.0. The van der Waals surface area contributed by atoms with Crippen molar-refractivity contribution in [1.29, 1.82) is 0 Å². The molecule has 1 unspecified atom stereocenters. The lowest BCUT2D eigenvalue weighted by molar-refractivity contribution is -0.138. The molecule has 0 amide bonds. The van der Waals surface area contributed by atoms with E-state index in [4.69, 9.17) is 11.6 Å². The average Bonchev–Trinajstić information content (AvgIpc) is 2.93. The minimum Gasteiger partial charge on any atom is -0.598 e. The molecule has 4 rings (SSSR count). The fourth-order valence-corrected chi connectivity index (χ4v) is 6.61. The van der Waals surface area contributed by atoms with E-state index in [1.54, 1.807) is 23.5 Å². The Kier molecular flexibility index (Phi) is 9.67. The van der Waals surface area contributed by atoms with Crippen molar-refractivity contribution >= 4 is 56.5 Å². The summed E-state index contributed by atoms with van der Waals surface area (Å²) in [6, 6.07) is 11.4. The van der Waals surface area contributed by atoms with Crippen LogP contribution in [0.5, 0.6) is 0 Å².